The second-order valence-corrected chi connectivity index (χ2v) is 5.37. The first-order valence-corrected chi connectivity index (χ1v) is 9.57. The van der Waals surface area contributed by atoms with E-state index in [4.69, 9.17) is 48.5 Å². The number of rotatable bonds is 24. The van der Waals surface area contributed by atoms with Gasteiger partial charge in [0.25, 0.3) is 0 Å². The number of ether oxygens (including phenoxy) is 8. The number of aliphatic hydroxyl groups excluding tert-OH is 1. The average molecular weight is 425 g/mol. The molecule has 12 nitrogen and oxygen atoms in total. The molecule has 0 bridgehead atoms. The Morgan fingerprint density at radius 2 is 1.00 bits per heavy atom. The largest absolute Gasteiger partial charge is 0.394 e. The molecular formula is C17H35N3O9. The fourth-order valence-electron chi connectivity index (χ4n) is 1.77. The number of hydrogen-bond donors (Lipinski definition) is 1. The van der Waals surface area contributed by atoms with Crippen LogP contribution in [0, 0.1) is 0 Å². The maximum atomic E-state index is 8.52. The molecule has 0 radical (unpaired) electrons. The Kier molecular flexibility index (Phi) is 24.1. The first-order chi connectivity index (χ1) is 14.3. The van der Waals surface area contributed by atoms with Crippen LogP contribution in [0.1, 0.15) is 0 Å². The van der Waals surface area contributed by atoms with Crippen LogP contribution >= 0.6 is 0 Å². The third-order valence-corrected chi connectivity index (χ3v) is 3.18. The standard InChI is InChI=1S/C17H35N3O9/c1-22-17(19-20-18)16-29-15-14-28-13-12-27-11-10-26-9-8-25-7-6-24-5-4-23-3-2-21/h17,21H,2-16H2,1H3. The molecule has 0 aliphatic rings. The summed E-state index contributed by atoms with van der Waals surface area (Å²) in [5.74, 6) is 0. The molecule has 0 amide bonds. The lowest BCUT2D eigenvalue weighted by atomic mass is 10.6. The highest BCUT2D eigenvalue weighted by Crippen LogP contribution is 1.94. The van der Waals surface area contributed by atoms with E-state index >= 15 is 0 Å². The van der Waals surface area contributed by atoms with E-state index in [1.54, 1.807) is 0 Å². The molecule has 0 aromatic carbocycles. The highest BCUT2D eigenvalue weighted by molar-refractivity contribution is 4.53. The summed E-state index contributed by atoms with van der Waals surface area (Å²) in [6, 6.07) is 0. The van der Waals surface area contributed by atoms with Gasteiger partial charge < -0.3 is 43.0 Å². The van der Waals surface area contributed by atoms with Crippen LogP contribution in [0.2, 0.25) is 0 Å². The van der Waals surface area contributed by atoms with Crippen molar-refractivity contribution >= 4 is 0 Å². The van der Waals surface area contributed by atoms with Crippen LogP contribution in [0.5, 0.6) is 0 Å². The molecule has 172 valence electrons. The summed E-state index contributed by atoms with van der Waals surface area (Å²) in [6.07, 6.45) is -0.620. The van der Waals surface area contributed by atoms with Crippen molar-refractivity contribution in [3.8, 4) is 0 Å². The molecule has 0 heterocycles. The van der Waals surface area contributed by atoms with Crippen molar-refractivity contribution in [3.63, 3.8) is 0 Å². The van der Waals surface area contributed by atoms with Crippen molar-refractivity contribution < 1.29 is 43.0 Å². The fourth-order valence-corrected chi connectivity index (χ4v) is 1.77. The van der Waals surface area contributed by atoms with Gasteiger partial charge in [-0.05, 0) is 5.53 Å². The molecular weight excluding hydrogens is 390 g/mol. The Bertz CT molecular complexity index is 374. The van der Waals surface area contributed by atoms with E-state index in [1.165, 1.54) is 7.11 Å². The van der Waals surface area contributed by atoms with Crippen molar-refractivity contribution in [2.75, 3.05) is 106 Å². The number of methoxy groups -OCH3 is 1. The smallest absolute Gasteiger partial charge is 0.159 e. The molecule has 0 aromatic rings. The van der Waals surface area contributed by atoms with Gasteiger partial charge in [0.2, 0.25) is 0 Å². The van der Waals surface area contributed by atoms with Gasteiger partial charge >= 0.3 is 0 Å². The van der Waals surface area contributed by atoms with E-state index in [1.807, 2.05) is 0 Å². The third-order valence-electron chi connectivity index (χ3n) is 3.18. The van der Waals surface area contributed by atoms with Crippen molar-refractivity contribution in [3.05, 3.63) is 10.4 Å². The fraction of sp³-hybridized carbons (Fsp3) is 1.00. The van der Waals surface area contributed by atoms with Crippen molar-refractivity contribution in [2.45, 2.75) is 6.23 Å². The molecule has 0 saturated heterocycles. The lowest BCUT2D eigenvalue weighted by Gasteiger charge is -2.10. The van der Waals surface area contributed by atoms with Crippen LogP contribution in [-0.2, 0) is 37.9 Å². The summed E-state index contributed by atoms with van der Waals surface area (Å²) in [6.45, 7) is 6.19. The zero-order chi connectivity index (χ0) is 21.3. The summed E-state index contributed by atoms with van der Waals surface area (Å²) in [5.41, 5.74) is 8.30. The molecule has 0 rings (SSSR count). The number of azide groups is 1. The van der Waals surface area contributed by atoms with Gasteiger partial charge in [0.15, 0.2) is 6.23 Å². The molecule has 29 heavy (non-hydrogen) atoms. The van der Waals surface area contributed by atoms with Gasteiger partial charge in [-0.15, -0.1) is 0 Å². The quantitative estimate of drug-likeness (QED) is 0.100. The minimum absolute atomic E-state index is 0.0234. The molecule has 1 N–H and O–H groups in total. The lowest BCUT2D eigenvalue weighted by Crippen LogP contribution is -2.18. The average Bonchev–Trinajstić information content (AvgIpc) is 2.74. The highest BCUT2D eigenvalue weighted by Gasteiger charge is 2.03. The van der Waals surface area contributed by atoms with E-state index in [-0.39, 0.29) is 13.2 Å². The van der Waals surface area contributed by atoms with Gasteiger partial charge in [0.1, 0.15) is 0 Å². The molecule has 12 heteroatoms. The number of hydrogen-bond acceptors (Lipinski definition) is 10. The van der Waals surface area contributed by atoms with Gasteiger partial charge in [-0.25, -0.2) is 0 Å². The normalized spacial score (nSPS) is 12.1. The Morgan fingerprint density at radius 1 is 0.655 bits per heavy atom. The summed E-state index contributed by atoms with van der Waals surface area (Å²) < 4.78 is 41.9. The minimum atomic E-state index is -0.620. The van der Waals surface area contributed by atoms with Crippen LogP contribution < -0.4 is 0 Å². The summed E-state index contributed by atoms with van der Waals surface area (Å²) in [5, 5.41) is 11.9. The summed E-state index contributed by atoms with van der Waals surface area (Å²) in [7, 11) is 1.45. The Labute approximate surface area is 171 Å². The maximum Gasteiger partial charge on any atom is 0.159 e. The molecule has 0 aliphatic carbocycles. The van der Waals surface area contributed by atoms with E-state index < -0.39 is 6.23 Å². The first-order valence-electron chi connectivity index (χ1n) is 9.57. The monoisotopic (exact) mass is 425 g/mol. The molecule has 0 spiro atoms. The van der Waals surface area contributed by atoms with Gasteiger partial charge in [0, 0.05) is 12.0 Å². The zero-order valence-corrected chi connectivity index (χ0v) is 17.2. The van der Waals surface area contributed by atoms with Gasteiger partial charge in [-0.2, -0.15) is 0 Å². The van der Waals surface area contributed by atoms with Gasteiger partial charge in [-0.3, -0.25) is 0 Å². The Hall–Kier alpha value is -1.05. The van der Waals surface area contributed by atoms with Crippen molar-refractivity contribution in [1.82, 2.24) is 0 Å². The topological polar surface area (TPSA) is 143 Å². The molecule has 1 unspecified atom stereocenters. The van der Waals surface area contributed by atoms with E-state index in [0.717, 1.165) is 0 Å². The van der Waals surface area contributed by atoms with Crippen molar-refractivity contribution in [2.24, 2.45) is 5.11 Å². The third kappa shape index (κ3) is 23.1. The maximum absolute atomic E-state index is 8.52. The predicted octanol–water partition coefficient (Wildman–Crippen LogP) is 0.378. The van der Waals surface area contributed by atoms with Gasteiger partial charge in [0.05, 0.1) is 99.1 Å². The zero-order valence-electron chi connectivity index (χ0n) is 17.2. The highest BCUT2D eigenvalue weighted by atomic mass is 16.6. The second-order valence-electron chi connectivity index (χ2n) is 5.37. The van der Waals surface area contributed by atoms with Crippen LogP contribution in [-0.4, -0.2) is 118 Å². The van der Waals surface area contributed by atoms with E-state index in [0.29, 0.717) is 85.9 Å². The molecule has 0 saturated carbocycles. The number of aliphatic hydroxyl groups is 1. The van der Waals surface area contributed by atoms with Crippen LogP contribution in [0.25, 0.3) is 10.4 Å². The molecule has 0 aliphatic heterocycles. The van der Waals surface area contributed by atoms with Crippen molar-refractivity contribution in [1.29, 1.82) is 0 Å². The lowest BCUT2D eigenvalue weighted by molar-refractivity contribution is -0.0296. The first kappa shape index (κ1) is 27.9. The molecule has 1 atom stereocenters. The van der Waals surface area contributed by atoms with Crippen LogP contribution in [0.3, 0.4) is 0 Å². The van der Waals surface area contributed by atoms with Gasteiger partial charge in [-0.1, -0.05) is 5.11 Å². The molecule has 0 aromatic heterocycles. The second kappa shape index (κ2) is 25.0. The van der Waals surface area contributed by atoms with E-state index in [9.17, 15) is 0 Å². The number of nitrogens with zero attached hydrogens (tertiary/aromatic N) is 3. The predicted molar refractivity (Wildman–Crippen MR) is 103 cm³/mol. The Balaban J connectivity index is 3.09. The van der Waals surface area contributed by atoms with Crippen LogP contribution in [0.15, 0.2) is 5.11 Å². The SMILES string of the molecule is COC(COCCOCCOCCOCCOCCOCCOCCO)N=[N+]=[N-]. The molecule has 0 fully saturated rings. The summed E-state index contributed by atoms with van der Waals surface area (Å²) in [4.78, 5) is 2.65. The summed E-state index contributed by atoms with van der Waals surface area (Å²) >= 11 is 0. The minimum Gasteiger partial charge on any atom is -0.394 e. The van der Waals surface area contributed by atoms with E-state index in [2.05, 4.69) is 10.0 Å². The Morgan fingerprint density at radius 3 is 1.31 bits per heavy atom. The van der Waals surface area contributed by atoms with Crippen LogP contribution in [0.4, 0.5) is 0 Å².